The molecule has 1 N–H and O–H groups in total. The van der Waals surface area contributed by atoms with Crippen molar-refractivity contribution in [2.75, 3.05) is 20.6 Å². The number of hydrogen-bond donors (Lipinski definition) is 1. The van der Waals surface area contributed by atoms with E-state index in [4.69, 9.17) is 0 Å². The molecule has 0 saturated carbocycles. The summed E-state index contributed by atoms with van der Waals surface area (Å²) in [7, 11) is 4.08. The lowest BCUT2D eigenvalue weighted by molar-refractivity contribution is -0.122. The topological polar surface area (TPSA) is 32.3 Å². The molecule has 1 aromatic heterocycles. The minimum atomic E-state index is 0.142. The number of amides is 1. The zero-order chi connectivity index (χ0) is 12.8. The van der Waals surface area contributed by atoms with Crippen molar-refractivity contribution in [3.8, 4) is 0 Å². The summed E-state index contributed by atoms with van der Waals surface area (Å²) >= 11 is 1.73. The number of nitrogens with zero attached hydrogens (tertiary/aromatic N) is 1. The Morgan fingerprint density at radius 1 is 1.47 bits per heavy atom. The molecule has 96 valence electrons. The summed E-state index contributed by atoms with van der Waals surface area (Å²) in [4.78, 5) is 15.1. The van der Waals surface area contributed by atoms with Crippen molar-refractivity contribution in [3.05, 3.63) is 22.4 Å². The molecule has 3 nitrogen and oxygen atoms in total. The van der Waals surface area contributed by atoms with Gasteiger partial charge in [0.05, 0.1) is 6.04 Å². The molecule has 4 heteroatoms. The third-order valence-electron chi connectivity index (χ3n) is 2.58. The van der Waals surface area contributed by atoms with E-state index >= 15 is 0 Å². The van der Waals surface area contributed by atoms with E-state index in [-0.39, 0.29) is 11.9 Å². The molecule has 17 heavy (non-hydrogen) atoms. The van der Waals surface area contributed by atoms with Gasteiger partial charge in [-0.15, -0.1) is 11.3 Å². The van der Waals surface area contributed by atoms with Gasteiger partial charge in [0, 0.05) is 17.8 Å². The van der Waals surface area contributed by atoms with Gasteiger partial charge in [-0.25, -0.2) is 0 Å². The molecule has 1 aromatic rings. The molecular weight excluding hydrogens is 232 g/mol. The number of hydrogen-bond acceptors (Lipinski definition) is 3. The number of rotatable bonds is 6. The highest BCUT2D eigenvalue weighted by Gasteiger charge is 2.16. The molecule has 0 radical (unpaired) electrons. The van der Waals surface area contributed by atoms with Gasteiger partial charge in [0.25, 0.3) is 0 Å². The number of nitrogens with one attached hydrogen (secondary N) is 1. The Morgan fingerprint density at radius 3 is 2.65 bits per heavy atom. The monoisotopic (exact) mass is 254 g/mol. The summed E-state index contributed by atoms with van der Waals surface area (Å²) < 4.78 is 0. The molecule has 1 heterocycles. The van der Waals surface area contributed by atoms with Crippen LogP contribution < -0.4 is 5.32 Å². The first kappa shape index (κ1) is 14.2. The first-order valence-electron chi connectivity index (χ1n) is 5.97. The van der Waals surface area contributed by atoms with Crippen LogP contribution in [0.5, 0.6) is 0 Å². The Hall–Kier alpha value is -0.870. The lowest BCUT2D eigenvalue weighted by Gasteiger charge is -2.23. The van der Waals surface area contributed by atoms with E-state index in [0.29, 0.717) is 18.9 Å². The third kappa shape index (κ3) is 4.88. The maximum Gasteiger partial charge on any atom is 0.220 e. The van der Waals surface area contributed by atoms with Crippen molar-refractivity contribution in [2.45, 2.75) is 26.3 Å². The zero-order valence-corrected chi connectivity index (χ0v) is 11.9. The fourth-order valence-corrected chi connectivity index (χ4v) is 2.59. The van der Waals surface area contributed by atoms with Crippen LogP contribution in [0, 0.1) is 5.92 Å². The quantitative estimate of drug-likeness (QED) is 0.846. The number of likely N-dealkylation sites (N-methyl/N-ethyl adjacent to an activating group) is 1. The molecule has 0 aliphatic rings. The van der Waals surface area contributed by atoms with Crippen LogP contribution in [0.25, 0.3) is 0 Å². The predicted octanol–water partition coefficient (Wildman–Crippen LogP) is 2.51. The fourth-order valence-electron chi connectivity index (χ4n) is 1.67. The van der Waals surface area contributed by atoms with E-state index in [1.54, 1.807) is 11.3 Å². The fraction of sp³-hybridized carbons (Fsp3) is 0.615. The van der Waals surface area contributed by atoms with Crippen molar-refractivity contribution in [3.63, 3.8) is 0 Å². The lowest BCUT2D eigenvalue weighted by Crippen LogP contribution is -2.34. The van der Waals surface area contributed by atoms with Crippen LogP contribution in [0.15, 0.2) is 17.5 Å². The van der Waals surface area contributed by atoms with Gasteiger partial charge >= 0.3 is 0 Å². The van der Waals surface area contributed by atoms with E-state index in [1.165, 1.54) is 4.88 Å². The molecular formula is C13H22N2OS. The van der Waals surface area contributed by atoms with E-state index in [9.17, 15) is 4.79 Å². The second-order valence-electron chi connectivity index (χ2n) is 4.90. The number of thiophene rings is 1. The highest BCUT2D eigenvalue weighted by atomic mass is 32.1. The van der Waals surface area contributed by atoms with Gasteiger partial charge < -0.3 is 10.2 Å². The Kier molecular flexibility index (Phi) is 5.65. The van der Waals surface area contributed by atoms with Crippen molar-refractivity contribution in [1.82, 2.24) is 10.2 Å². The highest BCUT2D eigenvalue weighted by Crippen LogP contribution is 2.22. The molecule has 0 aliphatic carbocycles. The van der Waals surface area contributed by atoms with Gasteiger partial charge in [-0.05, 0) is 31.5 Å². The number of carbonyl (C=O) groups excluding carboxylic acids is 1. The lowest BCUT2D eigenvalue weighted by atomic mass is 10.1. The van der Waals surface area contributed by atoms with Crippen LogP contribution >= 0.6 is 11.3 Å². The van der Waals surface area contributed by atoms with Crippen molar-refractivity contribution < 1.29 is 4.79 Å². The summed E-state index contributed by atoms with van der Waals surface area (Å²) in [5.74, 6) is 0.554. The van der Waals surface area contributed by atoms with Gasteiger partial charge in [0.1, 0.15) is 0 Å². The summed E-state index contributed by atoms with van der Waals surface area (Å²) in [6.07, 6.45) is 0.602. The van der Waals surface area contributed by atoms with Gasteiger partial charge in [-0.2, -0.15) is 0 Å². The summed E-state index contributed by atoms with van der Waals surface area (Å²) in [5.41, 5.74) is 0. The largest absolute Gasteiger partial charge is 0.354 e. The Labute approximate surface area is 108 Å². The second-order valence-corrected chi connectivity index (χ2v) is 5.88. The second kappa shape index (κ2) is 6.77. The van der Waals surface area contributed by atoms with Crippen LogP contribution in [0.2, 0.25) is 0 Å². The third-order valence-corrected chi connectivity index (χ3v) is 3.55. The highest BCUT2D eigenvalue weighted by molar-refractivity contribution is 7.10. The minimum absolute atomic E-state index is 0.142. The van der Waals surface area contributed by atoms with E-state index < -0.39 is 0 Å². The molecule has 0 spiro atoms. The SMILES string of the molecule is CC(C)CC(=O)NC[C@@H](c1cccs1)N(C)C. The summed E-state index contributed by atoms with van der Waals surface area (Å²) in [5, 5.41) is 5.08. The average Bonchev–Trinajstić information content (AvgIpc) is 2.69. The van der Waals surface area contributed by atoms with Gasteiger partial charge in [0.2, 0.25) is 5.91 Å². The van der Waals surface area contributed by atoms with Crippen LogP contribution in [0.3, 0.4) is 0 Å². The standard InChI is InChI=1S/C13H22N2OS/c1-10(2)8-13(16)14-9-11(15(3)4)12-6-5-7-17-12/h5-7,10-11H,8-9H2,1-4H3,(H,14,16)/t11-/m0/s1. The molecule has 0 saturated heterocycles. The molecule has 0 aromatic carbocycles. The van der Waals surface area contributed by atoms with E-state index in [0.717, 1.165) is 0 Å². The zero-order valence-electron chi connectivity index (χ0n) is 11.1. The molecule has 0 aliphatic heterocycles. The Morgan fingerprint density at radius 2 is 2.18 bits per heavy atom. The smallest absolute Gasteiger partial charge is 0.220 e. The Balaban J connectivity index is 2.49. The van der Waals surface area contributed by atoms with E-state index in [2.05, 4.69) is 35.5 Å². The van der Waals surface area contributed by atoms with Crippen molar-refractivity contribution in [1.29, 1.82) is 0 Å². The van der Waals surface area contributed by atoms with Crippen LogP contribution in [-0.2, 0) is 4.79 Å². The van der Waals surface area contributed by atoms with E-state index in [1.807, 2.05) is 20.2 Å². The average molecular weight is 254 g/mol. The first-order valence-corrected chi connectivity index (χ1v) is 6.85. The summed E-state index contributed by atoms with van der Waals surface area (Å²) in [6.45, 7) is 4.80. The number of carbonyl (C=O) groups is 1. The first-order chi connectivity index (χ1) is 8.00. The van der Waals surface area contributed by atoms with Crippen LogP contribution in [-0.4, -0.2) is 31.4 Å². The Bertz CT molecular complexity index is 333. The van der Waals surface area contributed by atoms with Crippen molar-refractivity contribution in [2.24, 2.45) is 5.92 Å². The van der Waals surface area contributed by atoms with Gasteiger partial charge in [-0.3, -0.25) is 4.79 Å². The molecule has 0 fully saturated rings. The molecule has 1 amide bonds. The van der Waals surface area contributed by atoms with Crippen molar-refractivity contribution >= 4 is 17.2 Å². The summed E-state index contributed by atoms with van der Waals surface area (Å²) in [6, 6.07) is 4.43. The minimum Gasteiger partial charge on any atom is -0.354 e. The maximum atomic E-state index is 11.6. The molecule has 0 bridgehead atoms. The molecule has 1 rings (SSSR count). The van der Waals surface area contributed by atoms with Crippen LogP contribution in [0.1, 0.15) is 31.2 Å². The normalized spacial score (nSPS) is 13.1. The van der Waals surface area contributed by atoms with Gasteiger partial charge in [-0.1, -0.05) is 19.9 Å². The molecule has 0 unspecified atom stereocenters. The van der Waals surface area contributed by atoms with Gasteiger partial charge in [0.15, 0.2) is 0 Å². The molecule has 1 atom stereocenters. The predicted molar refractivity (Wildman–Crippen MR) is 73.2 cm³/mol. The van der Waals surface area contributed by atoms with Crippen LogP contribution in [0.4, 0.5) is 0 Å². The maximum absolute atomic E-state index is 11.6.